The summed E-state index contributed by atoms with van der Waals surface area (Å²) in [5.74, 6) is 0. The second-order valence-electron chi connectivity index (χ2n) is 4.65. The third kappa shape index (κ3) is 4.70. The molecule has 2 rings (SSSR count). The van der Waals surface area contributed by atoms with Crippen molar-refractivity contribution >= 4 is 28.9 Å². The highest BCUT2D eigenvalue weighted by molar-refractivity contribution is 7.15. The molecule has 18 heavy (non-hydrogen) atoms. The van der Waals surface area contributed by atoms with Crippen molar-refractivity contribution in [1.29, 1.82) is 0 Å². The predicted molar refractivity (Wildman–Crippen MR) is 77.3 cm³/mol. The molecule has 1 aromatic heterocycles. The second-order valence-corrected chi connectivity index (χ2v) is 5.80. The molecule has 0 radical (unpaired) electrons. The smallest absolute Gasteiger partial charge is 0.180 e. The molecule has 1 atom stereocenters. The van der Waals surface area contributed by atoms with Crippen LogP contribution in [0.5, 0.6) is 0 Å². The van der Waals surface area contributed by atoms with Crippen molar-refractivity contribution in [2.45, 2.75) is 12.6 Å². The molecule has 5 nitrogen and oxygen atoms in total. The second kappa shape index (κ2) is 7.25. The number of rotatable bonds is 4. The highest BCUT2D eigenvalue weighted by atomic mass is 35.5. The van der Waals surface area contributed by atoms with Gasteiger partial charge in [0.25, 0.3) is 0 Å². The van der Waals surface area contributed by atoms with Gasteiger partial charge in [0, 0.05) is 37.3 Å². The molecule has 1 fully saturated rings. The summed E-state index contributed by atoms with van der Waals surface area (Å²) in [6.45, 7) is 4.69. The molecule has 1 aliphatic rings. The number of hydrogen-bond donors (Lipinski definition) is 1. The lowest BCUT2D eigenvalue weighted by Crippen LogP contribution is -2.45. The average Bonchev–Trinajstić information content (AvgIpc) is 2.63. The van der Waals surface area contributed by atoms with Crippen molar-refractivity contribution in [2.75, 3.05) is 46.1 Å². The van der Waals surface area contributed by atoms with Crippen LogP contribution < -0.4 is 5.73 Å². The van der Waals surface area contributed by atoms with E-state index in [-0.39, 0.29) is 12.4 Å². The van der Waals surface area contributed by atoms with Crippen LogP contribution in [0.25, 0.3) is 0 Å². The van der Waals surface area contributed by atoms with Gasteiger partial charge in [0.15, 0.2) is 5.13 Å². The number of nitrogens with two attached hydrogens (primary N) is 1. The first-order valence-corrected chi connectivity index (χ1v) is 6.64. The minimum Gasteiger partial charge on any atom is -0.375 e. The number of hydrogen-bond acceptors (Lipinski definition) is 6. The van der Waals surface area contributed by atoms with Crippen molar-refractivity contribution in [1.82, 2.24) is 14.8 Å². The Kier molecular flexibility index (Phi) is 6.31. The average molecular weight is 293 g/mol. The van der Waals surface area contributed by atoms with Gasteiger partial charge in [0.1, 0.15) is 0 Å². The summed E-state index contributed by atoms with van der Waals surface area (Å²) in [5.41, 5.74) is 5.63. The minimum atomic E-state index is 0. The third-order valence-electron chi connectivity index (χ3n) is 2.74. The monoisotopic (exact) mass is 292 g/mol. The first-order valence-electron chi connectivity index (χ1n) is 5.82. The lowest BCUT2D eigenvalue weighted by Gasteiger charge is -2.33. The van der Waals surface area contributed by atoms with Crippen molar-refractivity contribution in [2.24, 2.45) is 0 Å². The van der Waals surface area contributed by atoms with E-state index >= 15 is 0 Å². The number of anilines is 1. The van der Waals surface area contributed by atoms with Crippen LogP contribution in [0.3, 0.4) is 0 Å². The van der Waals surface area contributed by atoms with Crippen LogP contribution in [0.1, 0.15) is 4.88 Å². The predicted octanol–water partition coefficient (Wildman–Crippen LogP) is 0.909. The summed E-state index contributed by atoms with van der Waals surface area (Å²) >= 11 is 1.57. The highest BCUT2D eigenvalue weighted by Crippen LogP contribution is 2.18. The molecular weight excluding hydrogens is 272 g/mol. The number of ether oxygens (including phenoxy) is 1. The van der Waals surface area contributed by atoms with E-state index in [4.69, 9.17) is 10.5 Å². The maximum Gasteiger partial charge on any atom is 0.180 e. The fourth-order valence-electron chi connectivity index (χ4n) is 2.06. The van der Waals surface area contributed by atoms with E-state index in [2.05, 4.69) is 28.9 Å². The van der Waals surface area contributed by atoms with Gasteiger partial charge in [-0.15, -0.1) is 23.7 Å². The summed E-state index contributed by atoms with van der Waals surface area (Å²) in [6.07, 6.45) is 2.18. The summed E-state index contributed by atoms with van der Waals surface area (Å²) in [7, 11) is 4.15. The SMILES string of the molecule is CN(C)CC1CN(Cc2cnc(N)s2)CCO1.Cl. The molecule has 2 N–H and O–H groups in total. The molecule has 0 spiro atoms. The molecule has 0 saturated carbocycles. The summed E-state index contributed by atoms with van der Waals surface area (Å²) in [4.78, 5) is 9.88. The number of likely N-dealkylation sites (N-methyl/N-ethyl adjacent to an activating group) is 1. The van der Waals surface area contributed by atoms with Crippen LogP contribution in [0.15, 0.2) is 6.20 Å². The van der Waals surface area contributed by atoms with Crippen molar-refractivity contribution < 1.29 is 4.74 Å². The lowest BCUT2D eigenvalue weighted by molar-refractivity contribution is -0.0404. The fraction of sp³-hybridized carbons (Fsp3) is 0.727. The number of thiazole rings is 1. The van der Waals surface area contributed by atoms with Crippen molar-refractivity contribution in [3.63, 3.8) is 0 Å². The van der Waals surface area contributed by atoms with E-state index in [1.165, 1.54) is 4.88 Å². The number of halogens is 1. The molecule has 1 saturated heterocycles. The molecule has 0 aliphatic carbocycles. The van der Waals surface area contributed by atoms with E-state index in [0.717, 1.165) is 32.8 Å². The Balaban J connectivity index is 0.00000162. The van der Waals surface area contributed by atoms with E-state index in [1.807, 2.05) is 6.20 Å². The molecule has 104 valence electrons. The standard InChI is InChI=1S/C11H20N4OS.ClH/c1-14(2)6-9-7-15(3-4-16-9)8-10-5-13-11(12)17-10;/h5,9H,3-4,6-8H2,1-2H3,(H2,12,13);1H. The summed E-state index contributed by atoms with van der Waals surface area (Å²) < 4.78 is 5.74. The van der Waals surface area contributed by atoms with Gasteiger partial charge in [-0.3, -0.25) is 4.90 Å². The Labute approximate surface area is 118 Å². The van der Waals surface area contributed by atoms with Crippen LogP contribution in [-0.4, -0.2) is 61.2 Å². The first kappa shape index (κ1) is 15.7. The maximum atomic E-state index is 5.74. The van der Waals surface area contributed by atoms with Gasteiger partial charge in [-0.05, 0) is 14.1 Å². The number of nitrogens with zero attached hydrogens (tertiary/aromatic N) is 3. The number of morpholine rings is 1. The van der Waals surface area contributed by atoms with Gasteiger partial charge in [-0.2, -0.15) is 0 Å². The Morgan fingerprint density at radius 1 is 1.61 bits per heavy atom. The first-order chi connectivity index (χ1) is 8.13. The van der Waals surface area contributed by atoms with E-state index < -0.39 is 0 Å². The van der Waals surface area contributed by atoms with Gasteiger partial charge in [0.2, 0.25) is 0 Å². The van der Waals surface area contributed by atoms with Gasteiger partial charge in [-0.25, -0.2) is 4.98 Å². The Hall–Kier alpha value is -0.400. The van der Waals surface area contributed by atoms with E-state index in [0.29, 0.717) is 11.2 Å². The Morgan fingerprint density at radius 3 is 3.00 bits per heavy atom. The molecule has 1 aromatic rings. The largest absolute Gasteiger partial charge is 0.375 e. The van der Waals surface area contributed by atoms with Crippen molar-refractivity contribution in [3.05, 3.63) is 11.1 Å². The topological polar surface area (TPSA) is 54.6 Å². The molecule has 7 heteroatoms. The molecule has 2 heterocycles. The van der Waals surface area contributed by atoms with Gasteiger partial charge < -0.3 is 15.4 Å². The minimum absolute atomic E-state index is 0. The van der Waals surface area contributed by atoms with Crippen molar-refractivity contribution in [3.8, 4) is 0 Å². The zero-order chi connectivity index (χ0) is 12.3. The Bertz CT molecular complexity index is 361. The summed E-state index contributed by atoms with van der Waals surface area (Å²) in [6, 6.07) is 0. The van der Waals surface area contributed by atoms with Crippen LogP contribution >= 0.6 is 23.7 Å². The van der Waals surface area contributed by atoms with Crippen LogP contribution in [0.2, 0.25) is 0 Å². The summed E-state index contributed by atoms with van der Waals surface area (Å²) in [5, 5.41) is 0.651. The van der Waals surface area contributed by atoms with E-state index in [9.17, 15) is 0 Å². The molecule has 0 bridgehead atoms. The van der Waals surface area contributed by atoms with Crippen LogP contribution in [-0.2, 0) is 11.3 Å². The molecule has 0 amide bonds. The molecule has 0 aromatic carbocycles. The lowest BCUT2D eigenvalue weighted by atomic mass is 10.2. The number of nitrogen functional groups attached to an aromatic ring is 1. The maximum absolute atomic E-state index is 5.74. The quantitative estimate of drug-likeness (QED) is 0.894. The van der Waals surface area contributed by atoms with Crippen LogP contribution in [0, 0.1) is 0 Å². The molecule has 1 aliphatic heterocycles. The number of aromatic nitrogens is 1. The van der Waals surface area contributed by atoms with Gasteiger partial charge in [0.05, 0.1) is 12.7 Å². The van der Waals surface area contributed by atoms with Crippen LogP contribution in [0.4, 0.5) is 5.13 Å². The van der Waals surface area contributed by atoms with Gasteiger partial charge in [-0.1, -0.05) is 0 Å². The third-order valence-corrected chi connectivity index (χ3v) is 3.55. The fourth-order valence-corrected chi connectivity index (χ4v) is 2.78. The van der Waals surface area contributed by atoms with E-state index in [1.54, 1.807) is 11.3 Å². The zero-order valence-electron chi connectivity index (χ0n) is 10.8. The molecular formula is C11H21ClN4OS. The Morgan fingerprint density at radius 2 is 2.39 bits per heavy atom. The van der Waals surface area contributed by atoms with Gasteiger partial charge >= 0.3 is 0 Å². The normalized spacial score (nSPS) is 20.9. The zero-order valence-corrected chi connectivity index (χ0v) is 12.5. The molecule has 1 unspecified atom stereocenters. The highest BCUT2D eigenvalue weighted by Gasteiger charge is 2.21.